The van der Waals surface area contributed by atoms with Crippen molar-refractivity contribution >= 4 is 56.7 Å². The number of ether oxygens (including phenoxy) is 3. The van der Waals surface area contributed by atoms with Crippen LogP contribution >= 0.6 is 27.0 Å². The van der Waals surface area contributed by atoms with Crippen molar-refractivity contribution in [2.24, 2.45) is 0 Å². The van der Waals surface area contributed by atoms with Gasteiger partial charge >= 0.3 is 11.9 Å². The molecule has 1 heterocycles. The number of nitrogens with zero attached hydrogens (tertiary/aromatic N) is 1. The molecule has 1 saturated heterocycles. The van der Waals surface area contributed by atoms with Gasteiger partial charge in [-0.2, -0.15) is 27.0 Å². The van der Waals surface area contributed by atoms with E-state index in [1.807, 2.05) is 65.6 Å². The molecule has 286 valence electrons. The molecular formula is C40H51N3O8S2. The molecule has 0 spiro atoms. The summed E-state index contributed by atoms with van der Waals surface area (Å²) in [6.07, 6.45) is 1.89. The summed E-state index contributed by atoms with van der Waals surface area (Å²) in [5.41, 5.74) is 1.46. The third kappa shape index (κ3) is 9.74. The predicted molar refractivity (Wildman–Crippen MR) is 211 cm³/mol. The lowest BCUT2D eigenvalue weighted by Crippen LogP contribution is -2.54. The molecule has 3 atom stereocenters. The third-order valence-corrected chi connectivity index (χ3v) is 9.87. The summed E-state index contributed by atoms with van der Waals surface area (Å²) in [4.78, 5) is 69.0. The molecular weight excluding hydrogens is 715 g/mol. The van der Waals surface area contributed by atoms with Crippen molar-refractivity contribution in [3.05, 3.63) is 101 Å². The molecule has 1 aliphatic heterocycles. The van der Waals surface area contributed by atoms with Gasteiger partial charge in [0.2, 0.25) is 11.8 Å². The summed E-state index contributed by atoms with van der Waals surface area (Å²) in [7, 11) is 1.53. The number of benzene rings is 3. The zero-order chi connectivity index (χ0) is 36.4. The summed E-state index contributed by atoms with van der Waals surface area (Å²) in [5, 5.41) is 6.04. The zero-order valence-corrected chi connectivity index (χ0v) is 32.5. The first-order chi connectivity index (χ1) is 24.7. The Hall–Kier alpha value is -4.49. The number of carbonyl (C=O) groups is 5. The molecule has 2 aliphatic rings. The Morgan fingerprint density at radius 3 is 2.15 bits per heavy atom. The molecule has 0 bridgehead atoms. The largest absolute Gasteiger partial charge is 0.496 e. The van der Waals surface area contributed by atoms with Gasteiger partial charge < -0.3 is 29.7 Å². The lowest BCUT2D eigenvalue weighted by Gasteiger charge is -2.43. The molecule has 0 unspecified atom stereocenters. The first-order valence-electron chi connectivity index (χ1n) is 17.7. The van der Waals surface area contributed by atoms with Crippen LogP contribution in [-0.2, 0) is 34.1 Å². The van der Waals surface area contributed by atoms with E-state index >= 15 is 0 Å². The standard InChI is InChI=1S/C40H47N3O8.2H2S/c1-4-50-35(44)20-19-33(38(47)51-5-2)42-39(48)40(27-13-7-6-8-14-27)24-21-30(29-15-9-11-17-32(29)40)37(46)43-25-22-28(23-26-43)41-36(45)31-16-10-12-18-34(31)49-3;;/h6-18,28,30,33H,4-5,19-26H2,1-3H3,(H,41,45)(H,42,48);2*1H2/t30-,33-,40+;;/m0../s1. The monoisotopic (exact) mass is 765 g/mol. The Labute approximate surface area is 325 Å². The number of likely N-dealkylation sites (tertiary alicyclic amines) is 1. The smallest absolute Gasteiger partial charge is 0.328 e. The van der Waals surface area contributed by atoms with Crippen LogP contribution in [0.3, 0.4) is 0 Å². The van der Waals surface area contributed by atoms with E-state index < -0.39 is 35.2 Å². The van der Waals surface area contributed by atoms with E-state index in [1.54, 1.807) is 32.0 Å². The van der Waals surface area contributed by atoms with Crippen LogP contribution in [-0.4, -0.2) is 80.1 Å². The number of esters is 2. The molecule has 5 rings (SSSR count). The molecule has 0 saturated carbocycles. The van der Waals surface area contributed by atoms with E-state index in [4.69, 9.17) is 14.2 Å². The molecule has 53 heavy (non-hydrogen) atoms. The fraction of sp³-hybridized carbons (Fsp3) is 0.425. The van der Waals surface area contributed by atoms with Crippen LogP contribution in [0.5, 0.6) is 5.75 Å². The third-order valence-electron chi connectivity index (χ3n) is 9.87. The number of methoxy groups -OCH3 is 1. The van der Waals surface area contributed by atoms with Crippen molar-refractivity contribution < 1.29 is 38.2 Å². The average molecular weight is 766 g/mol. The van der Waals surface area contributed by atoms with Crippen molar-refractivity contribution in [2.45, 2.75) is 75.8 Å². The second-order valence-electron chi connectivity index (χ2n) is 12.8. The number of piperidine rings is 1. The molecule has 1 fully saturated rings. The highest BCUT2D eigenvalue weighted by Crippen LogP contribution is 2.48. The molecule has 0 aromatic heterocycles. The summed E-state index contributed by atoms with van der Waals surface area (Å²) < 4.78 is 15.7. The van der Waals surface area contributed by atoms with Gasteiger partial charge in [0.25, 0.3) is 5.91 Å². The number of rotatable bonds is 13. The van der Waals surface area contributed by atoms with E-state index in [2.05, 4.69) is 10.6 Å². The van der Waals surface area contributed by atoms with Gasteiger partial charge in [-0.05, 0) is 74.8 Å². The van der Waals surface area contributed by atoms with Crippen LogP contribution in [0.25, 0.3) is 0 Å². The van der Waals surface area contributed by atoms with E-state index in [-0.39, 0.29) is 70.9 Å². The van der Waals surface area contributed by atoms with Gasteiger partial charge in [-0.15, -0.1) is 0 Å². The molecule has 2 N–H and O–H groups in total. The van der Waals surface area contributed by atoms with E-state index in [9.17, 15) is 24.0 Å². The van der Waals surface area contributed by atoms with Crippen LogP contribution in [0, 0.1) is 0 Å². The van der Waals surface area contributed by atoms with Gasteiger partial charge in [-0.3, -0.25) is 19.2 Å². The highest BCUT2D eigenvalue weighted by Gasteiger charge is 2.49. The molecule has 3 aromatic carbocycles. The average Bonchev–Trinajstić information content (AvgIpc) is 3.16. The quantitative estimate of drug-likeness (QED) is 0.235. The maximum absolute atomic E-state index is 14.6. The number of fused-ring (bicyclic) bond motifs is 1. The number of amides is 3. The summed E-state index contributed by atoms with van der Waals surface area (Å²) in [6.45, 7) is 4.69. The summed E-state index contributed by atoms with van der Waals surface area (Å²) in [6, 6.07) is 22.8. The maximum atomic E-state index is 14.6. The lowest BCUT2D eigenvalue weighted by atomic mass is 9.62. The molecule has 11 nitrogen and oxygen atoms in total. The van der Waals surface area contributed by atoms with E-state index in [0.717, 1.165) is 11.1 Å². The summed E-state index contributed by atoms with van der Waals surface area (Å²) in [5.74, 6) is -1.69. The minimum atomic E-state index is -1.21. The van der Waals surface area contributed by atoms with Gasteiger partial charge in [-0.1, -0.05) is 66.7 Å². The minimum absolute atomic E-state index is 0. The first kappa shape index (κ1) is 42.9. The van der Waals surface area contributed by atoms with E-state index in [1.165, 1.54) is 7.11 Å². The van der Waals surface area contributed by atoms with Crippen LogP contribution in [0.4, 0.5) is 0 Å². The highest BCUT2D eigenvalue weighted by atomic mass is 32.1. The number of carbonyl (C=O) groups excluding carboxylic acids is 5. The molecule has 13 heteroatoms. The van der Waals surface area contributed by atoms with Crippen molar-refractivity contribution in [3.8, 4) is 5.75 Å². The Balaban J connectivity index is 0.00000378. The van der Waals surface area contributed by atoms with Crippen molar-refractivity contribution in [1.82, 2.24) is 15.5 Å². The van der Waals surface area contributed by atoms with Crippen LogP contribution < -0.4 is 15.4 Å². The Morgan fingerprint density at radius 2 is 1.47 bits per heavy atom. The minimum Gasteiger partial charge on any atom is -0.496 e. The molecule has 3 aromatic rings. The molecule has 0 radical (unpaired) electrons. The van der Waals surface area contributed by atoms with Gasteiger partial charge in [0.15, 0.2) is 0 Å². The Morgan fingerprint density at radius 1 is 0.830 bits per heavy atom. The van der Waals surface area contributed by atoms with Gasteiger partial charge in [-0.25, -0.2) is 4.79 Å². The van der Waals surface area contributed by atoms with Gasteiger partial charge in [0, 0.05) is 25.6 Å². The van der Waals surface area contributed by atoms with Crippen molar-refractivity contribution in [3.63, 3.8) is 0 Å². The van der Waals surface area contributed by atoms with Crippen molar-refractivity contribution in [1.29, 1.82) is 0 Å². The maximum Gasteiger partial charge on any atom is 0.328 e. The molecule has 3 amide bonds. The normalized spacial score (nSPS) is 18.5. The highest BCUT2D eigenvalue weighted by molar-refractivity contribution is 7.59. The Bertz CT molecular complexity index is 1720. The number of nitrogens with one attached hydrogen (secondary N) is 2. The van der Waals surface area contributed by atoms with Crippen molar-refractivity contribution in [2.75, 3.05) is 33.4 Å². The second kappa shape index (κ2) is 20.1. The number of para-hydroxylation sites is 1. The topological polar surface area (TPSA) is 140 Å². The first-order valence-corrected chi connectivity index (χ1v) is 17.7. The Kier molecular flexibility index (Phi) is 16.3. The fourth-order valence-corrected chi connectivity index (χ4v) is 7.32. The van der Waals surface area contributed by atoms with Gasteiger partial charge in [0.05, 0.1) is 37.2 Å². The van der Waals surface area contributed by atoms with E-state index in [0.29, 0.717) is 55.6 Å². The summed E-state index contributed by atoms with van der Waals surface area (Å²) >= 11 is 0. The van der Waals surface area contributed by atoms with Crippen LogP contribution in [0.1, 0.15) is 85.3 Å². The second-order valence-corrected chi connectivity index (χ2v) is 12.8. The fourth-order valence-electron chi connectivity index (χ4n) is 7.32. The lowest BCUT2D eigenvalue weighted by molar-refractivity contribution is -0.149. The van der Waals surface area contributed by atoms with Crippen LogP contribution in [0.2, 0.25) is 0 Å². The SMILES string of the molecule is CCOC(=O)CC[C@H](NC(=O)[C@@]1(c2ccccc2)CC[C@H](C(=O)N2CCC(NC(=O)c3ccccc3OC)CC2)c2ccccc21)C(=O)OCC.S.S. The predicted octanol–water partition coefficient (Wildman–Crippen LogP) is 4.90. The van der Waals surface area contributed by atoms with Crippen LogP contribution in [0.15, 0.2) is 78.9 Å². The number of hydrogen-bond donors (Lipinski definition) is 2. The number of hydrogen-bond acceptors (Lipinski definition) is 8. The zero-order valence-electron chi connectivity index (χ0n) is 30.5. The van der Waals surface area contributed by atoms with Gasteiger partial charge in [0.1, 0.15) is 11.8 Å². The molecule has 1 aliphatic carbocycles.